The number of hydrogen-bond acceptors (Lipinski definition) is 1. The van der Waals surface area contributed by atoms with E-state index in [9.17, 15) is 4.79 Å². The molecule has 0 aliphatic carbocycles. The van der Waals surface area contributed by atoms with Gasteiger partial charge >= 0.3 is 0 Å². The van der Waals surface area contributed by atoms with Gasteiger partial charge in [0.05, 0.1) is 0 Å². The highest BCUT2D eigenvalue weighted by atomic mass is 16.1. The van der Waals surface area contributed by atoms with Crippen molar-refractivity contribution < 1.29 is 4.79 Å². The van der Waals surface area contributed by atoms with E-state index in [0.717, 1.165) is 11.8 Å². The van der Waals surface area contributed by atoms with Crippen LogP contribution in [0.1, 0.15) is 29.5 Å². The van der Waals surface area contributed by atoms with Crippen LogP contribution in [0, 0.1) is 13.8 Å². The maximum absolute atomic E-state index is 10.6. The van der Waals surface area contributed by atoms with Gasteiger partial charge in [0.15, 0.2) is 0 Å². The van der Waals surface area contributed by atoms with E-state index in [2.05, 4.69) is 18.2 Å². The number of hydrogen-bond donors (Lipinski definition) is 0. The second kappa shape index (κ2) is 3.53. The summed E-state index contributed by atoms with van der Waals surface area (Å²) >= 11 is 0. The summed E-state index contributed by atoms with van der Waals surface area (Å²) in [6.45, 7) is 6.00. The number of carbonyl (C=O) groups is 1. The van der Waals surface area contributed by atoms with E-state index in [1.807, 2.05) is 20.8 Å². The first-order valence-corrected chi connectivity index (χ1v) is 4.17. The Bertz CT molecular complexity index is 289. The lowest BCUT2D eigenvalue weighted by molar-refractivity contribution is -0.108. The highest BCUT2D eigenvalue weighted by Crippen LogP contribution is 2.18. The van der Waals surface area contributed by atoms with E-state index in [-0.39, 0.29) is 5.92 Å². The molecule has 1 nitrogen and oxygen atoms in total. The van der Waals surface area contributed by atoms with Crippen LogP contribution in [0.25, 0.3) is 0 Å². The summed E-state index contributed by atoms with van der Waals surface area (Å²) in [7, 11) is 0. The molecule has 0 aromatic heterocycles. The van der Waals surface area contributed by atoms with Crippen LogP contribution in [0.5, 0.6) is 0 Å². The number of carbonyl (C=O) groups excluding carboxylic acids is 1. The second-order valence-corrected chi connectivity index (χ2v) is 3.28. The third-order valence-electron chi connectivity index (χ3n) is 2.13. The average molecular weight is 162 g/mol. The van der Waals surface area contributed by atoms with Crippen LogP contribution in [0.15, 0.2) is 18.2 Å². The van der Waals surface area contributed by atoms with Gasteiger partial charge in [-0.1, -0.05) is 30.7 Å². The van der Waals surface area contributed by atoms with Gasteiger partial charge in [0.25, 0.3) is 0 Å². The SMILES string of the molecule is Cc1ccc(C)c(C(C)C=O)c1. The predicted molar refractivity (Wildman–Crippen MR) is 50.4 cm³/mol. The molecule has 0 bridgehead atoms. The van der Waals surface area contributed by atoms with Crippen molar-refractivity contribution in [3.63, 3.8) is 0 Å². The van der Waals surface area contributed by atoms with Crippen LogP contribution in [-0.4, -0.2) is 6.29 Å². The molecule has 0 N–H and O–H groups in total. The molecule has 0 amide bonds. The third-order valence-corrected chi connectivity index (χ3v) is 2.13. The standard InChI is InChI=1S/C11H14O/c1-8-4-5-9(2)11(6-8)10(3)7-12/h4-7,10H,1-3H3. The number of aldehydes is 1. The van der Waals surface area contributed by atoms with Crippen LogP contribution in [-0.2, 0) is 4.79 Å². The number of aryl methyl sites for hydroxylation is 2. The zero-order valence-corrected chi connectivity index (χ0v) is 7.79. The summed E-state index contributed by atoms with van der Waals surface area (Å²) in [6.07, 6.45) is 0.988. The second-order valence-electron chi connectivity index (χ2n) is 3.28. The largest absolute Gasteiger partial charge is 0.303 e. The van der Waals surface area contributed by atoms with Gasteiger partial charge in [-0.05, 0) is 25.0 Å². The summed E-state index contributed by atoms with van der Waals surface area (Å²) in [5, 5.41) is 0. The maximum Gasteiger partial charge on any atom is 0.127 e. The van der Waals surface area contributed by atoms with E-state index in [4.69, 9.17) is 0 Å². The minimum Gasteiger partial charge on any atom is -0.303 e. The van der Waals surface area contributed by atoms with Crippen molar-refractivity contribution in [3.8, 4) is 0 Å². The average Bonchev–Trinajstić information content (AvgIpc) is 2.08. The summed E-state index contributed by atoms with van der Waals surface area (Å²) in [4.78, 5) is 10.6. The molecule has 1 atom stereocenters. The minimum atomic E-state index is 0.0184. The molecule has 0 aliphatic heterocycles. The van der Waals surface area contributed by atoms with Gasteiger partial charge in [-0.3, -0.25) is 0 Å². The lowest BCUT2D eigenvalue weighted by Crippen LogP contribution is -1.97. The predicted octanol–water partition coefficient (Wildman–Crippen LogP) is 2.61. The van der Waals surface area contributed by atoms with Crippen molar-refractivity contribution >= 4 is 6.29 Å². The Kier molecular flexibility index (Phi) is 2.64. The fourth-order valence-electron chi connectivity index (χ4n) is 1.32. The monoisotopic (exact) mass is 162 g/mol. The third kappa shape index (κ3) is 1.73. The summed E-state index contributed by atoms with van der Waals surface area (Å²) in [5.74, 6) is 0.0184. The molecule has 0 saturated carbocycles. The molecule has 64 valence electrons. The Balaban J connectivity index is 3.12. The summed E-state index contributed by atoms with van der Waals surface area (Å²) in [5.41, 5.74) is 3.55. The van der Waals surface area contributed by atoms with Gasteiger partial charge < -0.3 is 4.79 Å². The highest BCUT2D eigenvalue weighted by Gasteiger charge is 2.06. The normalized spacial score (nSPS) is 12.6. The van der Waals surface area contributed by atoms with Crippen molar-refractivity contribution in [2.45, 2.75) is 26.7 Å². The first-order chi connectivity index (χ1) is 5.65. The van der Waals surface area contributed by atoms with Crippen molar-refractivity contribution in [2.24, 2.45) is 0 Å². The topological polar surface area (TPSA) is 17.1 Å². The highest BCUT2D eigenvalue weighted by molar-refractivity contribution is 5.62. The first kappa shape index (κ1) is 8.98. The smallest absolute Gasteiger partial charge is 0.127 e. The van der Waals surface area contributed by atoms with E-state index >= 15 is 0 Å². The van der Waals surface area contributed by atoms with Crippen molar-refractivity contribution in [1.82, 2.24) is 0 Å². The Morgan fingerprint density at radius 2 is 2.00 bits per heavy atom. The van der Waals surface area contributed by atoms with Crippen LogP contribution >= 0.6 is 0 Å². The van der Waals surface area contributed by atoms with Crippen molar-refractivity contribution in [2.75, 3.05) is 0 Å². The Morgan fingerprint density at radius 1 is 1.33 bits per heavy atom. The molecule has 0 heterocycles. The Labute approximate surface area is 73.4 Å². The Morgan fingerprint density at radius 3 is 2.58 bits per heavy atom. The van der Waals surface area contributed by atoms with Crippen molar-refractivity contribution in [1.29, 1.82) is 0 Å². The van der Waals surface area contributed by atoms with E-state index in [1.165, 1.54) is 11.1 Å². The van der Waals surface area contributed by atoms with E-state index in [0.29, 0.717) is 0 Å². The first-order valence-electron chi connectivity index (χ1n) is 4.17. The maximum atomic E-state index is 10.6. The molecule has 1 aromatic rings. The van der Waals surface area contributed by atoms with Crippen LogP contribution < -0.4 is 0 Å². The fraction of sp³-hybridized carbons (Fsp3) is 0.364. The molecule has 1 aromatic carbocycles. The van der Waals surface area contributed by atoms with Gasteiger partial charge in [0, 0.05) is 5.92 Å². The fourth-order valence-corrected chi connectivity index (χ4v) is 1.32. The summed E-state index contributed by atoms with van der Waals surface area (Å²) < 4.78 is 0. The molecule has 1 heteroatoms. The molecule has 0 spiro atoms. The van der Waals surface area contributed by atoms with Gasteiger partial charge in [0.2, 0.25) is 0 Å². The molecule has 1 rings (SSSR count). The van der Waals surface area contributed by atoms with Crippen LogP contribution in [0.2, 0.25) is 0 Å². The van der Waals surface area contributed by atoms with Crippen LogP contribution in [0.4, 0.5) is 0 Å². The van der Waals surface area contributed by atoms with Gasteiger partial charge in [-0.2, -0.15) is 0 Å². The number of benzene rings is 1. The molecule has 0 radical (unpaired) electrons. The lowest BCUT2D eigenvalue weighted by Gasteiger charge is -2.08. The zero-order valence-electron chi connectivity index (χ0n) is 7.79. The zero-order chi connectivity index (χ0) is 9.14. The quantitative estimate of drug-likeness (QED) is 0.611. The molecule has 12 heavy (non-hydrogen) atoms. The molecular weight excluding hydrogens is 148 g/mol. The molecule has 0 aliphatic rings. The van der Waals surface area contributed by atoms with E-state index in [1.54, 1.807) is 0 Å². The van der Waals surface area contributed by atoms with Gasteiger partial charge in [-0.25, -0.2) is 0 Å². The lowest BCUT2D eigenvalue weighted by atomic mass is 9.96. The number of rotatable bonds is 2. The van der Waals surface area contributed by atoms with Gasteiger partial charge in [0.1, 0.15) is 6.29 Å². The van der Waals surface area contributed by atoms with E-state index < -0.39 is 0 Å². The molecular formula is C11H14O. The molecule has 1 unspecified atom stereocenters. The minimum absolute atomic E-state index is 0.0184. The van der Waals surface area contributed by atoms with Crippen LogP contribution in [0.3, 0.4) is 0 Å². The summed E-state index contributed by atoms with van der Waals surface area (Å²) in [6, 6.07) is 6.20. The Hall–Kier alpha value is -1.11. The van der Waals surface area contributed by atoms with Crippen molar-refractivity contribution in [3.05, 3.63) is 34.9 Å². The van der Waals surface area contributed by atoms with Gasteiger partial charge in [-0.15, -0.1) is 0 Å². The molecule has 0 fully saturated rings. The molecule has 0 saturated heterocycles.